The zero-order valence-corrected chi connectivity index (χ0v) is 22.2. The zero-order chi connectivity index (χ0) is 28.9. The summed E-state index contributed by atoms with van der Waals surface area (Å²) in [5.41, 5.74) is -0.360. The highest BCUT2D eigenvalue weighted by Crippen LogP contribution is 2.48. The van der Waals surface area contributed by atoms with Gasteiger partial charge in [-0.2, -0.15) is 21.6 Å². The predicted octanol–water partition coefficient (Wildman–Crippen LogP) is 6.30. The third kappa shape index (κ3) is 5.08. The number of rotatable bonds is 5. The molecule has 0 fully saturated rings. The molecule has 1 heterocycles. The van der Waals surface area contributed by atoms with Crippen LogP contribution in [0.2, 0.25) is 0 Å². The summed E-state index contributed by atoms with van der Waals surface area (Å²) in [5.74, 6) is 0. The van der Waals surface area contributed by atoms with Crippen molar-refractivity contribution in [1.29, 1.82) is 0 Å². The van der Waals surface area contributed by atoms with Crippen LogP contribution in [0.3, 0.4) is 0 Å². The lowest BCUT2D eigenvalue weighted by Gasteiger charge is -2.21. The number of alkyl halides is 3. The van der Waals surface area contributed by atoms with Crippen molar-refractivity contribution in [3.63, 3.8) is 0 Å². The van der Waals surface area contributed by atoms with Crippen molar-refractivity contribution in [2.45, 2.75) is 16.0 Å². The van der Waals surface area contributed by atoms with Gasteiger partial charge in [0, 0.05) is 23.4 Å². The van der Waals surface area contributed by atoms with E-state index in [0.717, 1.165) is 12.6 Å². The fourth-order valence-electron chi connectivity index (χ4n) is 4.68. The van der Waals surface area contributed by atoms with Crippen molar-refractivity contribution >= 4 is 30.7 Å². The normalized spacial score (nSPS) is 12.5. The van der Waals surface area contributed by atoms with Crippen LogP contribution in [-0.4, -0.2) is 37.6 Å². The zero-order valence-electron chi connectivity index (χ0n) is 20.6. The molecule has 0 amide bonds. The Bertz CT molecular complexity index is 1960. The van der Waals surface area contributed by atoms with Gasteiger partial charge in [0.15, 0.2) is 9.84 Å². The summed E-state index contributed by atoms with van der Waals surface area (Å²) >= 11 is 0. The Morgan fingerprint density at radius 3 is 2.00 bits per heavy atom. The van der Waals surface area contributed by atoms with E-state index in [1.165, 1.54) is 42.6 Å². The van der Waals surface area contributed by atoms with Crippen LogP contribution in [0.5, 0.6) is 0 Å². The van der Waals surface area contributed by atoms with Crippen molar-refractivity contribution in [3.05, 3.63) is 97.0 Å². The van der Waals surface area contributed by atoms with E-state index in [1.54, 1.807) is 42.5 Å². The van der Waals surface area contributed by atoms with E-state index in [2.05, 4.69) is 9.97 Å². The van der Waals surface area contributed by atoms with Crippen LogP contribution in [-0.2, 0) is 26.1 Å². The predicted molar refractivity (Wildman–Crippen MR) is 144 cm³/mol. The molecule has 4 aromatic carbocycles. The first-order valence-corrected chi connectivity index (χ1v) is 14.9. The standard InChI is InChI=1S/C28H19F3N2O5S2/c1-39(34,35)19-9-7-17(8-10-19)20-11-12-21-22(25(20)18-5-3-2-4-6-18)15-23(24-13-14-32-16-33-24)26(28(29,30)31)27(21)40(36,37)38/h2-16H,1H3,(H,36,37,38). The monoisotopic (exact) mass is 584 g/mol. The molecule has 204 valence electrons. The molecule has 0 spiro atoms. The van der Waals surface area contributed by atoms with Gasteiger partial charge in [-0.1, -0.05) is 54.6 Å². The minimum Gasteiger partial charge on any atom is -0.282 e. The molecule has 0 unspecified atom stereocenters. The summed E-state index contributed by atoms with van der Waals surface area (Å²) in [6.07, 6.45) is -1.85. The summed E-state index contributed by atoms with van der Waals surface area (Å²) in [6, 6.07) is 19.6. The van der Waals surface area contributed by atoms with Crippen LogP contribution in [0, 0.1) is 0 Å². The smallest absolute Gasteiger partial charge is 0.282 e. The van der Waals surface area contributed by atoms with Gasteiger partial charge in [0.1, 0.15) is 11.2 Å². The number of halogens is 3. The highest BCUT2D eigenvalue weighted by Gasteiger charge is 2.42. The van der Waals surface area contributed by atoms with E-state index < -0.39 is 42.2 Å². The van der Waals surface area contributed by atoms with Crippen LogP contribution >= 0.6 is 0 Å². The summed E-state index contributed by atoms with van der Waals surface area (Å²) in [5, 5.41) is -0.242. The molecule has 0 saturated heterocycles. The number of hydrogen-bond acceptors (Lipinski definition) is 6. The van der Waals surface area contributed by atoms with Gasteiger partial charge >= 0.3 is 6.18 Å². The maximum absolute atomic E-state index is 14.5. The minimum absolute atomic E-state index is 0.0767. The molecule has 0 bridgehead atoms. The van der Waals surface area contributed by atoms with Crippen LogP contribution in [0.25, 0.3) is 44.3 Å². The molecule has 1 N–H and O–H groups in total. The van der Waals surface area contributed by atoms with Crippen molar-refractivity contribution in [3.8, 4) is 33.5 Å². The van der Waals surface area contributed by atoms with Crippen molar-refractivity contribution in [1.82, 2.24) is 9.97 Å². The summed E-state index contributed by atoms with van der Waals surface area (Å²) in [6.45, 7) is 0. The largest absolute Gasteiger partial charge is 0.418 e. The minimum atomic E-state index is -5.40. The Morgan fingerprint density at radius 2 is 1.45 bits per heavy atom. The lowest BCUT2D eigenvalue weighted by Crippen LogP contribution is -2.16. The molecule has 0 atom stereocenters. The maximum Gasteiger partial charge on any atom is 0.418 e. The van der Waals surface area contributed by atoms with E-state index in [0.29, 0.717) is 22.3 Å². The molecular formula is C28H19F3N2O5S2. The van der Waals surface area contributed by atoms with E-state index >= 15 is 0 Å². The summed E-state index contributed by atoms with van der Waals surface area (Å²) in [7, 11) is -8.89. The van der Waals surface area contributed by atoms with Crippen LogP contribution in [0.4, 0.5) is 13.2 Å². The fourth-order valence-corrected chi connectivity index (χ4v) is 6.25. The highest BCUT2D eigenvalue weighted by atomic mass is 32.2. The second-order valence-corrected chi connectivity index (χ2v) is 12.3. The second-order valence-electron chi connectivity index (χ2n) is 8.94. The Labute approximate surface area is 227 Å². The Kier molecular flexibility index (Phi) is 6.73. The molecule has 1 aromatic heterocycles. The van der Waals surface area contributed by atoms with E-state index in [9.17, 15) is 34.6 Å². The number of sulfone groups is 1. The molecule has 0 radical (unpaired) electrons. The third-order valence-corrected chi connectivity index (χ3v) is 8.40. The van der Waals surface area contributed by atoms with Gasteiger partial charge in [-0.05, 0) is 51.9 Å². The average molecular weight is 585 g/mol. The topological polar surface area (TPSA) is 114 Å². The molecular weight excluding hydrogens is 565 g/mol. The van der Waals surface area contributed by atoms with Crippen molar-refractivity contribution in [2.75, 3.05) is 6.26 Å². The Balaban J connectivity index is 1.99. The van der Waals surface area contributed by atoms with Crippen molar-refractivity contribution in [2.24, 2.45) is 0 Å². The fraction of sp³-hybridized carbons (Fsp3) is 0.0714. The number of hydrogen-bond donors (Lipinski definition) is 1. The van der Waals surface area contributed by atoms with Crippen LogP contribution in [0.1, 0.15) is 5.56 Å². The average Bonchev–Trinajstić information content (AvgIpc) is 2.91. The summed E-state index contributed by atoms with van der Waals surface area (Å²) in [4.78, 5) is 6.45. The SMILES string of the molecule is CS(=O)(=O)c1ccc(-c2ccc3c(S(=O)(=O)O)c(C(F)(F)F)c(-c4ccncn4)cc3c2-c2ccccc2)cc1. The molecule has 0 aliphatic carbocycles. The van der Waals surface area contributed by atoms with Gasteiger partial charge in [0.05, 0.1) is 16.2 Å². The van der Waals surface area contributed by atoms with Gasteiger partial charge in [0.2, 0.25) is 0 Å². The third-order valence-electron chi connectivity index (χ3n) is 6.33. The Hall–Kier alpha value is -4.13. The van der Waals surface area contributed by atoms with Gasteiger partial charge in [0.25, 0.3) is 10.1 Å². The first kappa shape index (κ1) is 27.4. The van der Waals surface area contributed by atoms with Crippen molar-refractivity contribution < 1.29 is 34.6 Å². The summed E-state index contributed by atoms with van der Waals surface area (Å²) < 4.78 is 103. The van der Waals surface area contributed by atoms with Gasteiger partial charge in [-0.3, -0.25) is 4.55 Å². The maximum atomic E-state index is 14.5. The lowest BCUT2D eigenvalue weighted by atomic mass is 9.87. The number of nitrogens with zero attached hydrogens (tertiary/aromatic N) is 2. The lowest BCUT2D eigenvalue weighted by molar-refractivity contribution is -0.139. The van der Waals surface area contributed by atoms with Gasteiger partial charge in [-0.25, -0.2) is 18.4 Å². The molecule has 0 saturated carbocycles. The molecule has 0 aliphatic heterocycles. The second kappa shape index (κ2) is 9.81. The molecule has 7 nitrogen and oxygen atoms in total. The van der Waals surface area contributed by atoms with E-state index in [4.69, 9.17) is 0 Å². The van der Waals surface area contributed by atoms with Gasteiger partial charge in [-0.15, -0.1) is 0 Å². The Morgan fingerprint density at radius 1 is 0.775 bits per heavy atom. The number of benzene rings is 4. The molecule has 0 aliphatic rings. The molecule has 12 heteroatoms. The van der Waals surface area contributed by atoms with E-state index in [1.807, 2.05) is 0 Å². The van der Waals surface area contributed by atoms with E-state index in [-0.39, 0.29) is 21.4 Å². The van der Waals surface area contributed by atoms with Crippen LogP contribution in [0.15, 0.2) is 101 Å². The first-order chi connectivity index (χ1) is 18.8. The number of aromatic nitrogens is 2. The highest BCUT2D eigenvalue weighted by molar-refractivity contribution is 7.90. The number of fused-ring (bicyclic) bond motifs is 1. The van der Waals surface area contributed by atoms with Gasteiger partial charge < -0.3 is 0 Å². The van der Waals surface area contributed by atoms with Crippen LogP contribution < -0.4 is 0 Å². The molecule has 40 heavy (non-hydrogen) atoms. The molecule has 5 aromatic rings. The quantitative estimate of drug-likeness (QED) is 0.241. The molecule has 5 rings (SSSR count). The first-order valence-electron chi connectivity index (χ1n) is 11.6.